The summed E-state index contributed by atoms with van der Waals surface area (Å²) in [5.74, 6) is 2.62. The van der Waals surface area contributed by atoms with Gasteiger partial charge in [0.2, 0.25) is 11.8 Å². The summed E-state index contributed by atoms with van der Waals surface area (Å²) in [6.45, 7) is 9.49. The average Bonchev–Trinajstić information content (AvgIpc) is 3.04. The lowest BCUT2D eigenvalue weighted by molar-refractivity contribution is 0.262. The molecule has 1 heterocycles. The fraction of sp³-hybridized carbons (Fsp3) is 0.250. The number of carbonyl (C=O) groups excluding carboxylic acids is 1. The molecule has 48 heavy (non-hydrogen) atoms. The van der Waals surface area contributed by atoms with Crippen molar-refractivity contribution in [3.63, 3.8) is 0 Å². The van der Waals surface area contributed by atoms with Gasteiger partial charge in [-0.25, -0.2) is 9.78 Å². The maximum absolute atomic E-state index is 13.5. The molecule has 0 saturated carbocycles. The van der Waals surface area contributed by atoms with Crippen molar-refractivity contribution in [2.75, 3.05) is 49.8 Å². The van der Waals surface area contributed by atoms with Gasteiger partial charge >= 0.3 is 6.03 Å². The van der Waals surface area contributed by atoms with Crippen molar-refractivity contribution in [2.24, 2.45) is 0 Å². The molecular weight excluding hydrogens is 629 g/mol. The number of hydrogen-bond acceptors (Lipinski definition) is 9. The van der Waals surface area contributed by atoms with Crippen molar-refractivity contribution in [1.29, 1.82) is 0 Å². The molecule has 0 atom stereocenters. The highest BCUT2D eigenvalue weighted by atomic mass is 31.2. The summed E-state index contributed by atoms with van der Waals surface area (Å²) >= 11 is 0. The molecule has 2 amide bonds. The molecule has 1 aromatic heterocycles. The van der Waals surface area contributed by atoms with E-state index in [0.29, 0.717) is 46.2 Å². The fourth-order valence-corrected chi connectivity index (χ4v) is 5.31. The van der Waals surface area contributed by atoms with E-state index in [1.54, 1.807) is 44.8 Å². The number of ether oxygens (including phenoxy) is 4. The fourth-order valence-electron chi connectivity index (χ4n) is 4.86. The summed E-state index contributed by atoms with van der Waals surface area (Å²) < 4.78 is 35.6. The molecule has 0 radical (unpaired) electrons. The second-order valence-electron chi connectivity index (χ2n) is 12.5. The van der Waals surface area contributed by atoms with Crippen molar-refractivity contribution < 1.29 is 28.3 Å². The smallest absolute Gasteiger partial charge is 0.323 e. The van der Waals surface area contributed by atoms with Crippen molar-refractivity contribution in [1.82, 2.24) is 9.97 Å². The van der Waals surface area contributed by atoms with Crippen LogP contribution in [0, 0.1) is 0 Å². The maximum Gasteiger partial charge on any atom is 0.323 e. The zero-order valence-corrected chi connectivity index (χ0v) is 29.0. The highest BCUT2D eigenvalue weighted by Crippen LogP contribution is 2.43. The van der Waals surface area contributed by atoms with Crippen LogP contribution in [0.25, 0.3) is 10.8 Å². The van der Waals surface area contributed by atoms with Gasteiger partial charge in [0.1, 0.15) is 25.0 Å². The standard InChI is InChI=1S/C36H40N5O6P/c1-36(2,3)23-20-28(33(45-5)31(21-23)46-22-48(6,7)43)40-35(42)39-26-16-17-29(25-13-9-8-12-24(25)26)47-32-18-19-37-34(41-32)38-27-14-10-11-15-30(27)44-4/h8-21H,22H2,1-7H3,(H,37,38,41)(H2,39,40,42). The number of anilines is 4. The van der Waals surface area contributed by atoms with E-state index in [-0.39, 0.29) is 11.8 Å². The number of aromatic nitrogens is 2. The van der Waals surface area contributed by atoms with Crippen LogP contribution in [0.4, 0.5) is 27.8 Å². The molecule has 250 valence electrons. The van der Waals surface area contributed by atoms with E-state index in [4.69, 9.17) is 18.9 Å². The Morgan fingerprint density at radius 3 is 2.21 bits per heavy atom. The molecule has 3 N–H and O–H groups in total. The molecule has 0 aliphatic heterocycles. The quantitative estimate of drug-likeness (QED) is 0.118. The lowest BCUT2D eigenvalue weighted by atomic mass is 9.86. The zero-order valence-electron chi connectivity index (χ0n) is 28.1. The van der Waals surface area contributed by atoms with Crippen LogP contribution < -0.4 is 34.9 Å². The van der Waals surface area contributed by atoms with E-state index in [1.807, 2.05) is 60.7 Å². The molecule has 0 saturated heterocycles. The van der Waals surface area contributed by atoms with E-state index < -0.39 is 13.2 Å². The molecule has 4 aromatic carbocycles. The second kappa shape index (κ2) is 14.2. The predicted octanol–water partition coefficient (Wildman–Crippen LogP) is 9.08. The van der Waals surface area contributed by atoms with Crippen LogP contribution >= 0.6 is 7.14 Å². The topological polar surface area (TPSA) is 133 Å². The van der Waals surface area contributed by atoms with Gasteiger partial charge in [-0.1, -0.05) is 57.2 Å². The number of carbonyl (C=O) groups is 1. The zero-order chi connectivity index (χ0) is 34.5. The number of para-hydroxylation sites is 2. The lowest BCUT2D eigenvalue weighted by Crippen LogP contribution is -2.21. The van der Waals surface area contributed by atoms with Crippen LogP contribution in [0.2, 0.25) is 0 Å². The summed E-state index contributed by atoms with van der Waals surface area (Å²) in [6.07, 6.45) is 1.64. The van der Waals surface area contributed by atoms with E-state index in [9.17, 15) is 9.36 Å². The van der Waals surface area contributed by atoms with Gasteiger partial charge in [-0.3, -0.25) is 0 Å². The normalized spacial score (nSPS) is 11.5. The van der Waals surface area contributed by atoms with Gasteiger partial charge in [0.05, 0.1) is 31.3 Å². The van der Waals surface area contributed by atoms with Crippen LogP contribution in [0.3, 0.4) is 0 Å². The molecule has 11 nitrogen and oxygen atoms in total. The first-order chi connectivity index (χ1) is 22.8. The molecule has 0 aliphatic carbocycles. The van der Waals surface area contributed by atoms with Crippen LogP contribution in [0.5, 0.6) is 28.9 Å². The van der Waals surface area contributed by atoms with Crippen molar-refractivity contribution in [3.05, 3.63) is 90.6 Å². The molecule has 0 aliphatic rings. The Morgan fingerprint density at radius 1 is 0.792 bits per heavy atom. The molecule has 5 aromatic rings. The Morgan fingerprint density at radius 2 is 1.50 bits per heavy atom. The number of fused-ring (bicyclic) bond motifs is 1. The number of benzene rings is 4. The number of methoxy groups -OCH3 is 2. The first-order valence-electron chi connectivity index (χ1n) is 15.2. The number of hydrogen-bond donors (Lipinski definition) is 3. The average molecular weight is 670 g/mol. The summed E-state index contributed by atoms with van der Waals surface area (Å²) in [6, 6.07) is 23.5. The third-order valence-corrected chi connectivity index (χ3v) is 7.99. The van der Waals surface area contributed by atoms with Gasteiger partial charge < -0.3 is 39.5 Å². The van der Waals surface area contributed by atoms with E-state index in [0.717, 1.165) is 22.0 Å². The van der Waals surface area contributed by atoms with E-state index in [1.165, 1.54) is 7.11 Å². The molecule has 0 fully saturated rings. The number of rotatable bonds is 11. The third kappa shape index (κ3) is 8.35. The minimum atomic E-state index is -2.48. The minimum absolute atomic E-state index is 0.0393. The summed E-state index contributed by atoms with van der Waals surface area (Å²) in [4.78, 5) is 22.3. The number of amides is 2. The van der Waals surface area contributed by atoms with Gasteiger partial charge in [-0.2, -0.15) is 4.98 Å². The van der Waals surface area contributed by atoms with Crippen molar-refractivity contribution in [2.45, 2.75) is 26.2 Å². The maximum atomic E-state index is 13.5. The predicted molar refractivity (Wildman–Crippen MR) is 192 cm³/mol. The van der Waals surface area contributed by atoms with E-state index in [2.05, 4.69) is 46.7 Å². The summed E-state index contributed by atoms with van der Waals surface area (Å²) in [5.41, 5.74) is 2.35. The number of nitrogens with zero attached hydrogens (tertiary/aromatic N) is 2. The third-order valence-electron chi connectivity index (χ3n) is 7.23. The Kier molecular flexibility index (Phi) is 10.1. The second-order valence-corrected chi connectivity index (χ2v) is 15.9. The highest BCUT2D eigenvalue weighted by Gasteiger charge is 2.23. The first kappa shape index (κ1) is 34.1. The van der Waals surface area contributed by atoms with Crippen molar-refractivity contribution >= 4 is 47.0 Å². The molecule has 0 spiro atoms. The van der Waals surface area contributed by atoms with Gasteiger partial charge in [-0.05, 0) is 60.7 Å². The van der Waals surface area contributed by atoms with Gasteiger partial charge in [0, 0.05) is 23.0 Å². The Hall–Kier alpha value is -5.28. The van der Waals surface area contributed by atoms with Gasteiger partial charge in [0.25, 0.3) is 0 Å². The molecular formula is C36H40N5O6P. The largest absolute Gasteiger partial charge is 0.495 e. The van der Waals surface area contributed by atoms with Gasteiger partial charge in [0.15, 0.2) is 11.5 Å². The summed E-state index contributed by atoms with van der Waals surface area (Å²) in [7, 11) is 0.620. The first-order valence-corrected chi connectivity index (χ1v) is 18.0. The summed E-state index contributed by atoms with van der Waals surface area (Å²) in [5, 5.41) is 10.6. The lowest BCUT2D eigenvalue weighted by Gasteiger charge is -2.24. The molecule has 0 bridgehead atoms. The SMILES string of the molecule is COc1ccccc1Nc1nccc(Oc2ccc(NC(=O)Nc3cc(C(C)(C)C)cc(OCP(C)(C)=O)c3OC)c3ccccc23)n1. The monoisotopic (exact) mass is 669 g/mol. The van der Waals surface area contributed by atoms with Crippen molar-refractivity contribution in [3.8, 4) is 28.9 Å². The van der Waals surface area contributed by atoms with Crippen LogP contribution in [-0.2, 0) is 9.98 Å². The highest BCUT2D eigenvalue weighted by molar-refractivity contribution is 7.62. The van der Waals surface area contributed by atoms with Crippen LogP contribution in [0.15, 0.2) is 85.1 Å². The molecule has 0 unspecified atom stereocenters. The van der Waals surface area contributed by atoms with Gasteiger partial charge in [-0.15, -0.1) is 0 Å². The molecule has 12 heteroatoms. The van der Waals surface area contributed by atoms with Crippen LogP contribution in [-0.4, -0.2) is 49.9 Å². The number of nitrogens with one attached hydrogen (secondary N) is 3. The van der Waals surface area contributed by atoms with Crippen LogP contribution in [0.1, 0.15) is 26.3 Å². The molecule has 5 rings (SSSR count). The Labute approximate surface area is 280 Å². The number of urea groups is 1. The minimum Gasteiger partial charge on any atom is -0.495 e. The Bertz CT molecular complexity index is 1990. The van der Waals surface area contributed by atoms with E-state index >= 15 is 0 Å². The Balaban J connectivity index is 1.39.